The molecule has 36 heavy (non-hydrogen) atoms. The smallest absolute Gasteiger partial charge is 0.323 e. The second-order valence-corrected chi connectivity index (χ2v) is 8.88. The molecule has 1 saturated carbocycles. The standard InChI is InChI=1S/C27H26F3N3O3/c1-16-13-20(32-26(35)33-23-14-18(27(2,29)30)9-11-22(23)28)10-12-24(16)36-21-6-4-3-5-19(15-21)31-25(34)17-7-8-17/h3-4,6,9-15,17H,5,7-8H2,1-2H3,(H,31,34)(H2,32,33,35). The number of alkyl halides is 2. The highest BCUT2D eigenvalue weighted by Crippen LogP contribution is 2.31. The highest BCUT2D eigenvalue weighted by atomic mass is 19.3. The van der Waals surface area contributed by atoms with Crippen LogP contribution in [0.5, 0.6) is 5.75 Å². The van der Waals surface area contributed by atoms with E-state index in [9.17, 15) is 22.8 Å². The van der Waals surface area contributed by atoms with Gasteiger partial charge in [-0.25, -0.2) is 18.0 Å². The SMILES string of the molecule is Cc1cc(NC(=O)Nc2cc(C(C)(F)F)ccc2F)ccc1OC1=CC=CCC(NC(=O)C2CC2)=C1. The molecule has 2 aliphatic carbocycles. The maximum absolute atomic E-state index is 14.0. The molecule has 188 valence electrons. The first-order valence-electron chi connectivity index (χ1n) is 11.5. The number of amides is 3. The molecule has 6 nitrogen and oxygen atoms in total. The number of nitrogens with one attached hydrogen (secondary N) is 3. The summed E-state index contributed by atoms with van der Waals surface area (Å²) in [5, 5.41) is 7.76. The van der Waals surface area contributed by atoms with Gasteiger partial charge < -0.3 is 20.7 Å². The van der Waals surface area contributed by atoms with E-state index in [-0.39, 0.29) is 17.5 Å². The number of allylic oxidation sites excluding steroid dienone is 4. The molecular formula is C27H26F3N3O3. The van der Waals surface area contributed by atoms with Gasteiger partial charge in [0.15, 0.2) is 0 Å². The quantitative estimate of drug-likeness (QED) is 0.407. The van der Waals surface area contributed by atoms with E-state index in [1.807, 2.05) is 12.2 Å². The Balaban J connectivity index is 1.40. The van der Waals surface area contributed by atoms with Gasteiger partial charge >= 0.3 is 6.03 Å². The third kappa shape index (κ3) is 6.56. The summed E-state index contributed by atoms with van der Waals surface area (Å²) in [5.41, 5.74) is 1.09. The van der Waals surface area contributed by atoms with Crippen LogP contribution in [0, 0.1) is 18.7 Å². The van der Waals surface area contributed by atoms with E-state index in [0.29, 0.717) is 36.1 Å². The van der Waals surface area contributed by atoms with Crippen LogP contribution in [0.15, 0.2) is 72.2 Å². The fourth-order valence-corrected chi connectivity index (χ4v) is 3.54. The van der Waals surface area contributed by atoms with E-state index < -0.39 is 23.3 Å². The predicted octanol–water partition coefficient (Wildman–Crippen LogP) is 6.52. The lowest BCUT2D eigenvalue weighted by Gasteiger charge is -2.15. The van der Waals surface area contributed by atoms with E-state index in [1.165, 1.54) is 0 Å². The zero-order valence-electron chi connectivity index (χ0n) is 19.8. The van der Waals surface area contributed by atoms with Crippen LogP contribution in [0.4, 0.5) is 29.3 Å². The number of halogens is 3. The van der Waals surface area contributed by atoms with Crippen molar-refractivity contribution in [3.63, 3.8) is 0 Å². The van der Waals surface area contributed by atoms with Gasteiger partial charge in [-0.15, -0.1) is 0 Å². The van der Waals surface area contributed by atoms with Gasteiger partial charge in [0.25, 0.3) is 5.92 Å². The molecule has 0 atom stereocenters. The number of carbonyl (C=O) groups excluding carboxylic acids is 2. The van der Waals surface area contributed by atoms with Crippen LogP contribution in [0.3, 0.4) is 0 Å². The molecule has 0 radical (unpaired) electrons. The van der Waals surface area contributed by atoms with Crippen LogP contribution in [-0.2, 0) is 10.7 Å². The molecule has 2 aliphatic rings. The summed E-state index contributed by atoms with van der Waals surface area (Å²) >= 11 is 0. The maximum atomic E-state index is 14.0. The highest BCUT2D eigenvalue weighted by molar-refractivity contribution is 6.00. The van der Waals surface area contributed by atoms with E-state index >= 15 is 0 Å². The average molecular weight is 498 g/mol. The van der Waals surface area contributed by atoms with Crippen LogP contribution >= 0.6 is 0 Å². The Morgan fingerprint density at radius 3 is 2.53 bits per heavy atom. The third-order valence-corrected chi connectivity index (χ3v) is 5.66. The summed E-state index contributed by atoms with van der Waals surface area (Å²) in [5.74, 6) is -2.80. The van der Waals surface area contributed by atoms with Gasteiger partial charge in [-0.3, -0.25) is 4.79 Å². The Labute approximate surface area is 206 Å². The largest absolute Gasteiger partial charge is 0.457 e. The second-order valence-electron chi connectivity index (χ2n) is 8.88. The zero-order valence-corrected chi connectivity index (χ0v) is 19.8. The number of ether oxygens (including phenoxy) is 1. The predicted molar refractivity (Wildman–Crippen MR) is 131 cm³/mol. The number of urea groups is 1. The molecule has 0 aliphatic heterocycles. The maximum Gasteiger partial charge on any atom is 0.323 e. The number of carbonyl (C=O) groups is 2. The second kappa shape index (κ2) is 10.3. The number of rotatable bonds is 7. The fourth-order valence-electron chi connectivity index (χ4n) is 3.54. The molecule has 0 bridgehead atoms. The van der Waals surface area contributed by atoms with E-state index in [1.54, 1.807) is 37.3 Å². The molecule has 1 fully saturated rings. The lowest BCUT2D eigenvalue weighted by atomic mass is 10.1. The van der Waals surface area contributed by atoms with E-state index in [2.05, 4.69) is 16.0 Å². The minimum absolute atomic E-state index is 0.0239. The molecule has 0 heterocycles. The minimum Gasteiger partial charge on any atom is -0.457 e. The number of hydrogen-bond acceptors (Lipinski definition) is 3. The van der Waals surface area contributed by atoms with Gasteiger partial charge in [-0.2, -0.15) is 0 Å². The number of hydrogen-bond donors (Lipinski definition) is 3. The highest BCUT2D eigenvalue weighted by Gasteiger charge is 2.30. The Morgan fingerprint density at radius 1 is 1.06 bits per heavy atom. The zero-order chi connectivity index (χ0) is 25.9. The van der Waals surface area contributed by atoms with Crippen molar-refractivity contribution >= 4 is 23.3 Å². The van der Waals surface area contributed by atoms with Crippen LogP contribution < -0.4 is 20.7 Å². The number of anilines is 2. The Kier molecular flexibility index (Phi) is 7.19. The van der Waals surface area contributed by atoms with Crippen molar-refractivity contribution in [1.29, 1.82) is 0 Å². The molecule has 4 rings (SSSR count). The van der Waals surface area contributed by atoms with Gasteiger partial charge in [-0.1, -0.05) is 18.2 Å². The summed E-state index contributed by atoms with van der Waals surface area (Å²) in [4.78, 5) is 24.5. The van der Waals surface area contributed by atoms with Gasteiger partial charge in [0, 0.05) is 42.3 Å². The molecule has 2 aromatic rings. The number of aryl methyl sites for hydroxylation is 1. The normalized spacial score (nSPS) is 15.4. The monoisotopic (exact) mass is 497 g/mol. The molecule has 3 N–H and O–H groups in total. The lowest BCUT2D eigenvalue weighted by Crippen LogP contribution is -2.24. The molecular weight excluding hydrogens is 471 g/mol. The first kappa shape index (κ1) is 25.1. The fraction of sp³-hybridized carbons (Fsp3) is 0.259. The molecule has 3 amide bonds. The molecule has 0 saturated heterocycles. The van der Waals surface area contributed by atoms with Crippen LogP contribution in [0.25, 0.3) is 0 Å². The van der Waals surface area contributed by atoms with Crippen LogP contribution in [0.1, 0.15) is 37.3 Å². The Bertz CT molecular complexity index is 1270. The minimum atomic E-state index is -3.17. The number of benzene rings is 2. The van der Waals surface area contributed by atoms with Crippen molar-refractivity contribution in [2.75, 3.05) is 10.6 Å². The molecule has 2 aromatic carbocycles. The van der Waals surface area contributed by atoms with Crippen molar-refractivity contribution in [2.45, 2.75) is 39.0 Å². The van der Waals surface area contributed by atoms with Crippen LogP contribution in [0.2, 0.25) is 0 Å². The van der Waals surface area contributed by atoms with Crippen molar-refractivity contribution in [3.05, 3.63) is 89.1 Å². The van der Waals surface area contributed by atoms with E-state index in [4.69, 9.17) is 4.74 Å². The van der Waals surface area contributed by atoms with Crippen LogP contribution in [-0.4, -0.2) is 11.9 Å². The van der Waals surface area contributed by atoms with Gasteiger partial charge in [0.1, 0.15) is 17.3 Å². The Morgan fingerprint density at radius 2 is 1.83 bits per heavy atom. The third-order valence-electron chi connectivity index (χ3n) is 5.66. The van der Waals surface area contributed by atoms with E-state index in [0.717, 1.165) is 36.7 Å². The lowest BCUT2D eigenvalue weighted by molar-refractivity contribution is -0.121. The van der Waals surface area contributed by atoms with Gasteiger partial charge in [-0.05, 0) is 61.7 Å². The Hall–Kier alpha value is -4.01. The molecule has 0 unspecified atom stereocenters. The molecule has 9 heteroatoms. The first-order valence-corrected chi connectivity index (χ1v) is 11.5. The summed E-state index contributed by atoms with van der Waals surface area (Å²) in [7, 11) is 0. The summed E-state index contributed by atoms with van der Waals surface area (Å²) in [6, 6.07) is 6.90. The van der Waals surface area contributed by atoms with Crippen molar-refractivity contribution in [1.82, 2.24) is 5.32 Å². The topological polar surface area (TPSA) is 79.5 Å². The molecule has 0 aromatic heterocycles. The summed E-state index contributed by atoms with van der Waals surface area (Å²) < 4.78 is 47.1. The average Bonchev–Trinajstić information content (AvgIpc) is 3.65. The van der Waals surface area contributed by atoms with Gasteiger partial charge in [0.05, 0.1) is 5.69 Å². The first-order chi connectivity index (χ1) is 17.1. The van der Waals surface area contributed by atoms with Crippen molar-refractivity contribution in [2.24, 2.45) is 5.92 Å². The van der Waals surface area contributed by atoms with Gasteiger partial charge in [0.2, 0.25) is 5.91 Å². The van der Waals surface area contributed by atoms with Crippen molar-refractivity contribution < 1.29 is 27.5 Å². The molecule has 0 spiro atoms. The summed E-state index contributed by atoms with van der Waals surface area (Å²) in [6.45, 7) is 2.48. The van der Waals surface area contributed by atoms with Crippen molar-refractivity contribution in [3.8, 4) is 5.75 Å². The summed E-state index contributed by atoms with van der Waals surface area (Å²) in [6.07, 6.45) is 9.76.